The lowest BCUT2D eigenvalue weighted by atomic mass is 10.0. The number of imide groups is 2. The summed E-state index contributed by atoms with van der Waals surface area (Å²) >= 11 is 0. The van der Waals surface area contributed by atoms with Gasteiger partial charge in [-0.3, -0.25) is 34.2 Å². The SMILES string of the molecule is N/C(=C\N(N)CCOCCOCCOCCOCCOc1cccc2c1C(=O)N(C1CCC(=O)NC1=O)C2=O)C(=O)N1CCCC(n2nc(-c3ccc(Oc4ccccc4)cc3)c3c(N)ncnc32)C1. The first-order valence-corrected chi connectivity index (χ1v) is 23.0. The van der Waals surface area contributed by atoms with Gasteiger partial charge in [-0.15, -0.1) is 0 Å². The van der Waals surface area contributed by atoms with E-state index in [4.69, 9.17) is 50.8 Å². The van der Waals surface area contributed by atoms with E-state index in [0.717, 1.165) is 29.1 Å². The average molecular weight is 962 g/mol. The number of ether oxygens (including phenoxy) is 6. The van der Waals surface area contributed by atoms with Gasteiger partial charge in [-0.1, -0.05) is 24.3 Å². The van der Waals surface area contributed by atoms with Crippen LogP contribution in [0.5, 0.6) is 17.2 Å². The lowest BCUT2D eigenvalue weighted by Crippen LogP contribution is -2.54. The van der Waals surface area contributed by atoms with E-state index in [-0.39, 0.29) is 80.3 Å². The van der Waals surface area contributed by atoms with Crippen molar-refractivity contribution in [1.29, 1.82) is 0 Å². The molecule has 2 saturated heterocycles. The molecule has 0 bridgehead atoms. The smallest absolute Gasteiger partial charge is 0.271 e. The lowest BCUT2D eigenvalue weighted by Gasteiger charge is -2.33. The number of piperidine rings is 2. The van der Waals surface area contributed by atoms with E-state index in [9.17, 15) is 24.0 Å². The standard InChI is InChI=1S/C48H55N11O11/c49-36(47(63)56-17-5-6-32(28-56)59-44-41(43(50)52-30-53-44)42(55-59)31-11-13-34(14-12-31)70-33-7-2-1-3-8-33)29-57(51)18-19-65-20-21-66-22-23-67-24-25-68-26-27-69-38-10-4-9-35-40(38)48(64)58(46(35)62)37-15-16-39(60)54-45(37)61/h1-4,7-14,29-30,32,37H,5-6,15-28,49,51H2,(H2,50,52,53)(H,54,60,61)/b36-29-. The monoisotopic (exact) mass is 961 g/mol. The molecule has 368 valence electrons. The van der Waals surface area contributed by atoms with Gasteiger partial charge in [-0.2, -0.15) is 5.10 Å². The van der Waals surface area contributed by atoms with Crippen LogP contribution in [0.2, 0.25) is 0 Å². The molecule has 3 aromatic carbocycles. The van der Waals surface area contributed by atoms with Crippen LogP contribution < -0.4 is 32.1 Å². The maximum Gasteiger partial charge on any atom is 0.271 e. The van der Waals surface area contributed by atoms with Crippen LogP contribution in [0.15, 0.2) is 91.0 Å². The number of carbonyl (C=O) groups excluding carboxylic acids is 5. The summed E-state index contributed by atoms with van der Waals surface area (Å²) in [6.45, 7) is 3.65. The third kappa shape index (κ3) is 11.7. The zero-order chi connectivity index (χ0) is 49.0. The number of benzene rings is 3. The van der Waals surface area contributed by atoms with Gasteiger partial charge in [0.1, 0.15) is 53.4 Å². The molecule has 2 aromatic heterocycles. The summed E-state index contributed by atoms with van der Waals surface area (Å²) in [6.07, 6.45) is 4.39. The van der Waals surface area contributed by atoms with Crippen molar-refractivity contribution in [2.24, 2.45) is 11.6 Å². The number of nitrogen functional groups attached to an aromatic ring is 1. The van der Waals surface area contributed by atoms with Gasteiger partial charge >= 0.3 is 0 Å². The minimum absolute atomic E-state index is 0.00583. The number of hydrogen-bond acceptors (Lipinski definition) is 18. The molecule has 3 aliphatic heterocycles. The summed E-state index contributed by atoms with van der Waals surface area (Å²) in [4.78, 5) is 75.0. The molecule has 22 heteroatoms. The van der Waals surface area contributed by atoms with Gasteiger partial charge in [0.15, 0.2) is 5.65 Å². The molecule has 0 radical (unpaired) electrons. The normalized spacial score (nSPS) is 17.2. The van der Waals surface area contributed by atoms with Gasteiger partial charge in [0.2, 0.25) is 11.8 Å². The van der Waals surface area contributed by atoms with Crippen LogP contribution in [0.3, 0.4) is 0 Å². The van der Waals surface area contributed by atoms with Crippen LogP contribution >= 0.6 is 0 Å². The number of nitrogens with one attached hydrogen (secondary N) is 1. The van der Waals surface area contributed by atoms with E-state index < -0.39 is 29.7 Å². The Hall–Kier alpha value is -7.50. The van der Waals surface area contributed by atoms with Crippen LogP contribution in [0, 0.1) is 0 Å². The molecule has 2 unspecified atom stereocenters. The van der Waals surface area contributed by atoms with Gasteiger partial charge in [0, 0.05) is 31.3 Å². The number of anilines is 1. The van der Waals surface area contributed by atoms with Crippen molar-refractivity contribution in [3.05, 3.63) is 102 Å². The van der Waals surface area contributed by atoms with E-state index in [1.807, 2.05) is 59.3 Å². The second-order valence-electron chi connectivity index (χ2n) is 16.5. The highest BCUT2D eigenvalue weighted by Crippen LogP contribution is 2.36. The maximum atomic E-state index is 13.5. The van der Waals surface area contributed by atoms with Gasteiger partial charge in [-0.05, 0) is 67.8 Å². The molecule has 8 rings (SSSR count). The molecule has 2 atom stereocenters. The van der Waals surface area contributed by atoms with Crippen LogP contribution in [0.1, 0.15) is 52.4 Å². The molecule has 70 heavy (non-hydrogen) atoms. The molecule has 0 saturated carbocycles. The Morgan fingerprint density at radius 3 is 2.20 bits per heavy atom. The second-order valence-corrected chi connectivity index (χ2v) is 16.5. The van der Waals surface area contributed by atoms with Crippen molar-refractivity contribution in [3.8, 4) is 28.5 Å². The molecule has 0 aliphatic carbocycles. The summed E-state index contributed by atoms with van der Waals surface area (Å²) in [5.74, 6) is 5.36. The molecular weight excluding hydrogens is 907 g/mol. The van der Waals surface area contributed by atoms with E-state index >= 15 is 0 Å². The largest absolute Gasteiger partial charge is 0.490 e. The van der Waals surface area contributed by atoms with Crippen molar-refractivity contribution >= 4 is 46.4 Å². The highest BCUT2D eigenvalue weighted by atomic mass is 16.6. The quantitative estimate of drug-likeness (QED) is 0.0241. The summed E-state index contributed by atoms with van der Waals surface area (Å²) < 4.78 is 35.9. The number of rotatable bonds is 23. The molecule has 2 fully saturated rings. The number of para-hydroxylation sites is 1. The molecule has 5 aromatic rings. The predicted molar refractivity (Wildman–Crippen MR) is 252 cm³/mol. The fourth-order valence-corrected chi connectivity index (χ4v) is 8.32. The molecular formula is C48H55N11O11. The molecule has 22 nitrogen and oxygen atoms in total. The average Bonchev–Trinajstić information content (AvgIpc) is 3.88. The fourth-order valence-electron chi connectivity index (χ4n) is 8.32. The highest BCUT2D eigenvalue weighted by Gasteiger charge is 2.46. The number of nitrogens with two attached hydrogens (primary N) is 3. The number of fused-ring (bicyclic) bond motifs is 2. The minimum atomic E-state index is -1.06. The van der Waals surface area contributed by atoms with Gasteiger partial charge in [0.05, 0.1) is 82.0 Å². The maximum absolute atomic E-state index is 13.5. The van der Waals surface area contributed by atoms with Gasteiger partial charge in [-0.25, -0.2) is 20.5 Å². The van der Waals surface area contributed by atoms with Crippen molar-refractivity contribution in [2.75, 3.05) is 84.8 Å². The second kappa shape index (κ2) is 23.2. The number of nitrogens with zero attached hydrogens (tertiary/aromatic N) is 7. The number of likely N-dealkylation sites (tertiary alicyclic amines) is 1. The van der Waals surface area contributed by atoms with Crippen LogP contribution in [-0.2, 0) is 33.3 Å². The van der Waals surface area contributed by atoms with Crippen molar-refractivity contribution in [2.45, 2.75) is 37.8 Å². The molecule has 3 aliphatic rings. The van der Waals surface area contributed by atoms with Crippen molar-refractivity contribution in [1.82, 2.24) is 39.9 Å². The van der Waals surface area contributed by atoms with E-state index in [2.05, 4.69) is 15.3 Å². The number of hydrazine groups is 1. The first-order valence-electron chi connectivity index (χ1n) is 23.0. The first-order chi connectivity index (χ1) is 34.1. The summed E-state index contributed by atoms with van der Waals surface area (Å²) in [6, 6.07) is 20.5. The number of carbonyl (C=O) groups is 5. The number of aromatic nitrogens is 4. The zero-order valence-corrected chi connectivity index (χ0v) is 38.4. The highest BCUT2D eigenvalue weighted by molar-refractivity contribution is 6.24. The van der Waals surface area contributed by atoms with Crippen LogP contribution in [0.4, 0.5) is 5.82 Å². The third-order valence-corrected chi connectivity index (χ3v) is 11.7. The van der Waals surface area contributed by atoms with Crippen LogP contribution in [0.25, 0.3) is 22.3 Å². The zero-order valence-electron chi connectivity index (χ0n) is 38.4. The van der Waals surface area contributed by atoms with E-state index in [0.29, 0.717) is 74.4 Å². The Morgan fingerprint density at radius 2 is 1.49 bits per heavy atom. The third-order valence-electron chi connectivity index (χ3n) is 11.7. The topological polar surface area (TPSA) is 284 Å². The Labute approximate surface area is 402 Å². The van der Waals surface area contributed by atoms with E-state index in [1.165, 1.54) is 23.6 Å². The Balaban J connectivity index is 0.687. The first kappa shape index (κ1) is 48.9. The molecule has 5 heterocycles. The number of amides is 5. The summed E-state index contributed by atoms with van der Waals surface area (Å²) in [7, 11) is 0. The number of hydrogen-bond donors (Lipinski definition) is 4. The minimum Gasteiger partial charge on any atom is -0.490 e. The predicted octanol–water partition coefficient (Wildman–Crippen LogP) is 2.55. The lowest BCUT2D eigenvalue weighted by molar-refractivity contribution is -0.136. The molecule has 0 spiro atoms. The van der Waals surface area contributed by atoms with Crippen molar-refractivity contribution < 1.29 is 52.4 Å². The molecule has 5 amide bonds. The Kier molecular flexibility index (Phi) is 16.2. The fraction of sp³-hybridized carbons (Fsp3) is 0.375. The summed E-state index contributed by atoms with van der Waals surface area (Å²) in [5, 5.41) is 9.11. The van der Waals surface area contributed by atoms with E-state index in [1.54, 1.807) is 17.0 Å². The van der Waals surface area contributed by atoms with Crippen LogP contribution in [-0.4, -0.2) is 149 Å². The summed E-state index contributed by atoms with van der Waals surface area (Å²) in [5.41, 5.74) is 14.9. The van der Waals surface area contributed by atoms with Crippen molar-refractivity contribution in [3.63, 3.8) is 0 Å². The molecule has 7 N–H and O–H groups in total. The Morgan fingerprint density at radius 1 is 0.800 bits per heavy atom. The van der Waals surface area contributed by atoms with Gasteiger partial charge in [0.25, 0.3) is 17.7 Å². The Bertz CT molecular complexity index is 2700. The van der Waals surface area contributed by atoms with Gasteiger partial charge < -0.3 is 49.8 Å².